The van der Waals surface area contributed by atoms with Crippen LogP contribution in [0.1, 0.15) is 22.6 Å². The van der Waals surface area contributed by atoms with Crippen LogP contribution in [-0.2, 0) is 6.42 Å². The number of nitrogens with one attached hydrogen (secondary N) is 2. The highest BCUT2D eigenvalue weighted by Gasteiger charge is 2.15. The van der Waals surface area contributed by atoms with Gasteiger partial charge in [-0.25, -0.2) is 0 Å². The molecule has 0 amide bonds. The third-order valence-electron chi connectivity index (χ3n) is 4.46. The van der Waals surface area contributed by atoms with Gasteiger partial charge >= 0.3 is 0 Å². The first-order valence-corrected chi connectivity index (χ1v) is 8.34. The predicted octanol–water partition coefficient (Wildman–Crippen LogP) is 4.62. The summed E-state index contributed by atoms with van der Waals surface area (Å²) in [7, 11) is 0. The molecule has 24 heavy (non-hydrogen) atoms. The van der Waals surface area contributed by atoms with Crippen molar-refractivity contribution in [2.75, 3.05) is 0 Å². The molecule has 0 unspecified atom stereocenters. The van der Waals surface area contributed by atoms with Crippen molar-refractivity contribution in [1.29, 1.82) is 0 Å². The van der Waals surface area contributed by atoms with Gasteiger partial charge in [0.25, 0.3) is 0 Å². The number of H-pyrrole nitrogens is 2. The average molecular weight is 334 g/mol. The van der Waals surface area contributed by atoms with Gasteiger partial charge in [-0.05, 0) is 49.3 Å². The monoisotopic (exact) mass is 334 g/mol. The van der Waals surface area contributed by atoms with Gasteiger partial charge in [-0.3, -0.25) is 9.67 Å². The summed E-state index contributed by atoms with van der Waals surface area (Å²) >= 11 is 5.48. The van der Waals surface area contributed by atoms with E-state index in [-0.39, 0.29) is 0 Å². The Labute approximate surface area is 145 Å². The lowest BCUT2D eigenvalue weighted by Gasteiger charge is -2.10. The van der Waals surface area contributed by atoms with Gasteiger partial charge in [0, 0.05) is 23.0 Å². The molecule has 120 valence electrons. The molecule has 0 radical (unpaired) electrons. The minimum Gasteiger partial charge on any atom is -0.358 e. The van der Waals surface area contributed by atoms with Gasteiger partial charge in [0.2, 0.25) is 0 Å². The molecule has 0 saturated carbocycles. The molecule has 0 aliphatic carbocycles. The van der Waals surface area contributed by atoms with Crippen LogP contribution in [-0.4, -0.2) is 19.7 Å². The van der Waals surface area contributed by atoms with Gasteiger partial charge in [0.05, 0.1) is 5.69 Å². The molecule has 5 heteroatoms. The van der Waals surface area contributed by atoms with Crippen LogP contribution < -0.4 is 0 Å². The molecule has 4 nitrogen and oxygen atoms in total. The lowest BCUT2D eigenvalue weighted by Crippen LogP contribution is -2.04. The second-order valence-electron chi connectivity index (χ2n) is 6.02. The van der Waals surface area contributed by atoms with Gasteiger partial charge in [-0.15, -0.1) is 0 Å². The molecule has 0 aliphatic heterocycles. The molecule has 0 aliphatic rings. The van der Waals surface area contributed by atoms with E-state index < -0.39 is 0 Å². The smallest absolute Gasteiger partial charge is 0.199 e. The molecule has 2 aromatic heterocycles. The van der Waals surface area contributed by atoms with E-state index in [9.17, 15) is 0 Å². The van der Waals surface area contributed by atoms with Crippen LogP contribution in [0, 0.1) is 18.6 Å². The number of aromatic nitrogens is 4. The number of aromatic amines is 2. The van der Waals surface area contributed by atoms with E-state index in [4.69, 9.17) is 12.2 Å². The minimum absolute atomic E-state index is 0.622. The molecular weight excluding hydrogens is 316 g/mol. The Morgan fingerprint density at radius 2 is 1.79 bits per heavy atom. The van der Waals surface area contributed by atoms with Gasteiger partial charge in [-0.1, -0.05) is 36.4 Å². The summed E-state index contributed by atoms with van der Waals surface area (Å²) in [5, 5.41) is 8.67. The van der Waals surface area contributed by atoms with Gasteiger partial charge < -0.3 is 4.98 Å². The highest BCUT2D eigenvalue weighted by atomic mass is 32.1. The zero-order valence-electron chi connectivity index (χ0n) is 13.6. The summed E-state index contributed by atoms with van der Waals surface area (Å²) < 4.78 is 2.66. The Hall–Kier alpha value is -2.66. The highest BCUT2D eigenvalue weighted by molar-refractivity contribution is 7.71. The second-order valence-corrected chi connectivity index (χ2v) is 6.40. The first-order chi connectivity index (χ1) is 11.6. The van der Waals surface area contributed by atoms with E-state index in [0.29, 0.717) is 4.77 Å². The quantitative estimate of drug-likeness (QED) is 0.537. The van der Waals surface area contributed by atoms with Crippen LogP contribution in [0.4, 0.5) is 0 Å². The molecule has 0 spiro atoms. The standard InChI is InChI=1S/C19H18N4S/c1-12-7-3-6-10-17(12)23-18(21-22-19(23)24)11-15-13(2)20-16-9-5-4-8-14(15)16/h3-10,20H,11H2,1-2H3,(H,22,24). The minimum atomic E-state index is 0.622. The third kappa shape index (κ3) is 2.37. The summed E-state index contributed by atoms with van der Waals surface area (Å²) in [6.45, 7) is 4.19. The van der Waals surface area contributed by atoms with Crippen LogP contribution in [0.2, 0.25) is 0 Å². The summed E-state index contributed by atoms with van der Waals surface area (Å²) in [5.41, 5.74) is 5.83. The van der Waals surface area contributed by atoms with Crippen molar-refractivity contribution in [3.05, 3.63) is 75.9 Å². The Balaban J connectivity index is 1.86. The summed E-state index contributed by atoms with van der Waals surface area (Å²) in [6.07, 6.45) is 0.720. The predicted molar refractivity (Wildman–Crippen MR) is 99.3 cm³/mol. The number of benzene rings is 2. The fraction of sp³-hybridized carbons (Fsp3) is 0.158. The number of para-hydroxylation sites is 2. The van der Waals surface area contributed by atoms with Crippen LogP contribution >= 0.6 is 12.2 Å². The normalized spacial score (nSPS) is 11.2. The number of fused-ring (bicyclic) bond motifs is 1. The topological polar surface area (TPSA) is 49.4 Å². The second kappa shape index (κ2) is 5.76. The molecule has 0 bridgehead atoms. The number of nitrogens with zero attached hydrogens (tertiary/aromatic N) is 2. The van der Waals surface area contributed by atoms with E-state index in [1.54, 1.807) is 0 Å². The van der Waals surface area contributed by atoms with E-state index >= 15 is 0 Å². The van der Waals surface area contributed by atoms with Crippen molar-refractivity contribution in [3.8, 4) is 5.69 Å². The van der Waals surface area contributed by atoms with Crippen LogP contribution in [0.25, 0.3) is 16.6 Å². The summed E-state index contributed by atoms with van der Waals surface area (Å²) in [6, 6.07) is 16.6. The van der Waals surface area contributed by atoms with Crippen molar-refractivity contribution >= 4 is 23.1 Å². The molecule has 0 atom stereocenters. The SMILES string of the molecule is Cc1ccccc1-n1c(Cc2c(C)[nH]c3ccccc23)n[nH]c1=S. The molecule has 2 N–H and O–H groups in total. The highest BCUT2D eigenvalue weighted by Crippen LogP contribution is 2.25. The molecule has 4 rings (SSSR count). The Kier molecular flexibility index (Phi) is 3.58. The van der Waals surface area contributed by atoms with Crippen molar-refractivity contribution in [2.45, 2.75) is 20.3 Å². The van der Waals surface area contributed by atoms with E-state index in [1.165, 1.54) is 22.2 Å². The maximum Gasteiger partial charge on any atom is 0.199 e. The summed E-state index contributed by atoms with van der Waals surface area (Å²) in [5.74, 6) is 0.919. The molecular formula is C19H18N4S. The Morgan fingerprint density at radius 1 is 1.04 bits per heavy atom. The Bertz CT molecular complexity index is 1080. The van der Waals surface area contributed by atoms with Gasteiger partial charge in [0.15, 0.2) is 4.77 Å². The lowest BCUT2D eigenvalue weighted by molar-refractivity contribution is 0.895. The zero-order chi connectivity index (χ0) is 16.7. The summed E-state index contributed by atoms with van der Waals surface area (Å²) in [4.78, 5) is 3.45. The number of rotatable bonds is 3. The van der Waals surface area contributed by atoms with Crippen LogP contribution in [0.5, 0.6) is 0 Å². The maximum absolute atomic E-state index is 5.48. The van der Waals surface area contributed by atoms with Crippen molar-refractivity contribution in [3.63, 3.8) is 0 Å². The number of aryl methyl sites for hydroxylation is 2. The molecule has 4 aromatic rings. The fourth-order valence-electron chi connectivity index (χ4n) is 3.23. The fourth-order valence-corrected chi connectivity index (χ4v) is 3.48. The van der Waals surface area contributed by atoms with Crippen LogP contribution in [0.3, 0.4) is 0 Å². The van der Waals surface area contributed by atoms with Gasteiger partial charge in [-0.2, -0.15) is 5.10 Å². The largest absolute Gasteiger partial charge is 0.358 e. The number of hydrogen-bond donors (Lipinski definition) is 2. The van der Waals surface area contributed by atoms with Crippen molar-refractivity contribution < 1.29 is 0 Å². The van der Waals surface area contributed by atoms with E-state index in [0.717, 1.165) is 23.4 Å². The number of hydrogen-bond acceptors (Lipinski definition) is 2. The van der Waals surface area contributed by atoms with E-state index in [2.05, 4.69) is 59.4 Å². The maximum atomic E-state index is 5.48. The third-order valence-corrected chi connectivity index (χ3v) is 4.73. The Morgan fingerprint density at radius 3 is 2.62 bits per heavy atom. The van der Waals surface area contributed by atoms with Gasteiger partial charge in [0.1, 0.15) is 5.82 Å². The molecule has 2 aromatic carbocycles. The van der Waals surface area contributed by atoms with Crippen LogP contribution in [0.15, 0.2) is 48.5 Å². The van der Waals surface area contributed by atoms with Crippen molar-refractivity contribution in [1.82, 2.24) is 19.7 Å². The zero-order valence-corrected chi connectivity index (χ0v) is 14.4. The molecule has 0 saturated heterocycles. The average Bonchev–Trinajstić information content (AvgIpc) is 3.09. The first kappa shape index (κ1) is 14.9. The van der Waals surface area contributed by atoms with Crippen molar-refractivity contribution in [2.24, 2.45) is 0 Å². The molecule has 2 heterocycles. The van der Waals surface area contributed by atoms with E-state index in [1.807, 2.05) is 22.8 Å². The molecule has 0 fully saturated rings. The lowest BCUT2D eigenvalue weighted by atomic mass is 10.1. The first-order valence-electron chi connectivity index (χ1n) is 7.93.